The van der Waals surface area contributed by atoms with E-state index in [1.165, 1.54) is 11.1 Å². The van der Waals surface area contributed by atoms with Crippen molar-refractivity contribution in [3.8, 4) is 0 Å². The molecule has 0 radical (unpaired) electrons. The summed E-state index contributed by atoms with van der Waals surface area (Å²) in [7, 11) is 0. The Labute approximate surface area is 154 Å². The van der Waals surface area contributed by atoms with Crippen LogP contribution >= 0.6 is 0 Å². The molecule has 1 aliphatic carbocycles. The summed E-state index contributed by atoms with van der Waals surface area (Å²) in [5, 5.41) is 6.69. The van der Waals surface area contributed by atoms with Crippen LogP contribution in [-0.4, -0.2) is 41.5 Å². The van der Waals surface area contributed by atoms with Crippen LogP contribution in [0.1, 0.15) is 35.6 Å². The number of hydrogen-bond donors (Lipinski definition) is 2. The van der Waals surface area contributed by atoms with E-state index in [1.807, 2.05) is 12.3 Å². The molecule has 2 N–H and O–H groups in total. The molecule has 0 bridgehead atoms. The highest BCUT2D eigenvalue weighted by molar-refractivity contribution is 5.82. The number of aryl methyl sites for hydroxylation is 1. The molecular formula is C21H26N4O. The Morgan fingerprint density at radius 1 is 1.27 bits per heavy atom. The summed E-state index contributed by atoms with van der Waals surface area (Å²) in [6, 6.07) is 12.5. The van der Waals surface area contributed by atoms with Crippen molar-refractivity contribution in [3.63, 3.8) is 0 Å². The average molecular weight is 350 g/mol. The van der Waals surface area contributed by atoms with Gasteiger partial charge in [-0.1, -0.05) is 30.3 Å². The maximum absolute atomic E-state index is 13.1. The molecule has 1 saturated heterocycles. The fourth-order valence-electron chi connectivity index (χ4n) is 4.09. The number of fused-ring (bicyclic) bond motifs is 1. The zero-order valence-corrected chi connectivity index (χ0v) is 15.0. The third-order valence-corrected chi connectivity index (χ3v) is 5.45. The molecule has 5 nitrogen and oxygen atoms in total. The standard InChI is InChI=1S/C21H26N4O/c26-21(24-19-9-3-7-17-6-1-2-8-18(17)19)20-14-23-11-12-25(20)15-16-5-4-10-22-13-16/h1-2,4-6,8,10,13,19-20,23H,3,7,9,11-12,14-15H2,(H,24,26). The Hall–Kier alpha value is -2.24. The normalized spacial score (nSPS) is 23.2. The molecule has 136 valence electrons. The highest BCUT2D eigenvalue weighted by Gasteiger charge is 2.31. The predicted octanol–water partition coefficient (Wildman–Crippen LogP) is 2.05. The first-order valence-electron chi connectivity index (χ1n) is 9.53. The minimum atomic E-state index is -0.141. The van der Waals surface area contributed by atoms with E-state index in [2.05, 4.69) is 50.8 Å². The van der Waals surface area contributed by atoms with Crippen LogP contribution in [-0.2, 0) is 17.8 Å². The predicted molar refractivity (Wildman–Crippen MR) is 102 cm³/mol. The van der Waals surface area contributed by atoms with E-state index in [1.54, 1.807) is 6.20 Å². The number of hydrogen-bond acceptors (Lipinski definition) is 4. The fraction of sp³-hybridized carbons (Fsp3) is 0.429. The number of amides is 1. The van der Waals surface area contributed by atoms with Crippen molar-refractivity contribution in [2.75, 3.05) is 19.6 Å². The Kier molecular flexibility index (Phi) is 5.27. The van der Waals surface area contributed by atoms with Crippen LogP contribution in [0.3, 0.4) is 0 Å². The number of rotatable bonds is 4. The number of benzene rings is 1. The summed E-state index contributed by atoms with van der Waals surface area (Å²) in [6.07, 6.45) is 6.93. The van der Waals surface area contributed by atoms with Crippen molar-refractivity contribution in [2.24, 2.45) is 0 Å². The lowest BCUT2D eigenvalue weighted by atomic mass is 9.87. The molecule has 26 heavy (non-hydrogen) atoms. The molecule has 2 unspecified atom stereocenters. The van der Waals surface area contributed by atoms with Gasteiger partial charge >= 0.3 is 0 Å². The number of piperazine rings is 1. The van der Waals surface area contributed by atoms with Gasteiger partial charge in [-0.05, 0) is 42.0 Å². The molecule has 5 heteroatoms. The first kappa shape index (κ1) is 17.2. The monoisotopic (exact) mass is 350 g/mol. The number of pyridine rings is 1. The minimum Gasteiger partial charge on any atom is -0.348 e. The molecule has 2 aromatic rings. The van der Waals surface area contributed by atoms with Crippen molar-refractivity contribution in [3.05, 3.63) is 65.5 Å². The van der Waals surface area contributed by atoms with Gasteiger partial charge in [0.25, 0.3) is 0 Å². The van der Waals surface area contributed by atoms with Crippen LogP contribution in [0, 0.1) is 0 Å². The molecule has 2 heterocycles. The second kappa shape index (κ2) is 7.98. The lowest BCUT2D eigenvalue weighted by Gasteiger charge is -2.36. The molecule has 1 fully saturated rings. The lowest BCUT2D eigenvalue weighted by molar-refractivity contribution is -0.128. The van der Waals surface area contributed by atoms with Crippen molar-refractivity contribution < 1.29 is 4.79 Å². The maximum atomic E-state index is 13.1. The SMILES string of the molecule is O=C(NC1CCCc2ccccc21)C1CNCCN1Cc1cccnc1. The average Bonchev–Trinajstić information content (AvgIpc) is 2.69. The van der Waals surface area contributed by atoms with E-state index in [9.17, 15) is 4.79 Å². The largest absolute Gasteiger partial charge is 0.348 e. The number of aromatic nitrogens is 1. The number of carbonyl (C=O) groups excluding carboxylic acids is 1. The van der Waals surface area contributed by atoms with Crippen LogP contribution in [0.4, 0.5) is 0 Å². The van der Waals surface area contributed by atoms with Gasteiger partial charge in [0, 0.05) is 38.6 Å². The molecule has 1 aliphatic heterocycles. The first-order valence-corrected chi connectivity index (χ1v) is 9.53. The molecule has 1 amide bonds. The van der Waals surface area contributed by atoms with Gasteiger partial charge in [-0.3, -0.25) is 14.7 Å². The van der Waals surface area contributed by atoms with Gasteiger partial charge in [-0.2, -0.15) is 0 Å². The van der Waals surface area contributed by atoms with E-state index in [0.29, 0.717) is 6.54 Å². The van der Waals surface area contributed by atoms with Crippen LogP contribution in [0.25, 0.3) is 0 Å². The molecule has 0 saturated carbocycles. The first-order chi connectivity index (χ1) is 12.8. The van der Waals surface area contributed by atoms with Gasteiger partial charge in [-0.15, -0.1) is 0 Å². The summed E-state index contributed by atoms with van der Waals surface area (Å²) in [4.78, 5) is 19.5. The summed E-state index contributed by atoms with van der Waals surface area (Å²) >= 11 is 0. The van der Waals surface area contributed by atoms with Crippen LogP contribution in [0.15, 0.2) is 48.8 Å². The molecular weight excluding hydrogens is 324 g/mol. The summed E-state index contributed by atoms with van der Waals surface area (Å²) < 4.78 is 0. The third-order valence-electron chi connectivity index (χ3n) is 5.45. The second-order valence-corrected chi connectivity index (χ2v) is 7.20. The molecule has 0 spiro atoms. The molecule has 2 atom stereocenters. The number of nitrogens with one attached hydrogen (secondary N) is 2. The van der Waals surface area contributed by atoms with E-state index in [4.69, 9.17) is 0 Å². The Balaban J connectivity index is 1.46. The van der Waals surface area contributed by atoms with Crippen LogP contribution < -0.4 is 10.6 Å². The highest BCUT2D eigenvalue weighted by atomic mass is 16.2. The van der Waals surface area contributed by atoms with E-state index < -0.39 is 0 Å². The van der Waals surface area contributed by atoms with Crippen LogP contribution in [0.2, 0.25) is 0 Å². The fourth-order valence-corrected chi connectivity index (χ4v) is 4.09. The number of nitrogens with zero attached hydrogens (tertiary/aromatic N) is 2. The van der Waals surface area contributed by atoms with Crippen molar-refractivity contribution in [1.82, 2.24) is 20.5 Å². The minimum absolute atomic E-state index is 0.128. The van der Waals surface area contributed by atoms with Gasteiger partial charge < -0.3 is 10.6 Å². The summed E-state index contributed by atoms with van der Waals surface area (Å²) in [5.74, 6) is 0.128. The zero-order valence-electron chi connectivity index (χ0n) is 15.0. The van der Waals surface area contributed by atoms with Crippen molar-refractivity contribution in [1.29, 1.82) is 0 Å². The van der Waals surface area contributed by atoms with E-state index >= 15 is 0 Å². The van der Waals surface area contributed by atoms with Crippen molar-refractivity contribution >= 4 is 5.91 Å². The third kappa shape index (κ3) is 3.79. The zero-order chi connectivity index (χ0) is 17.8. The van der Waals surface area contributed by atoms with Gasteiger partial charge in [0.05, 0.1) is 6.04 Å². The lowest BCUT2D eigenvalue weighted by Crippen LogP contribution is -2.57. The Morgan fingerprint density at radius 2 is 2.19 bits per heavy atom. The van der Waals surface area contributed by atoms with Gasteiger partial charge in [0.1, 0.15) is 6.04 Å². The molecule has 2 aliphatic rings. The quantitative estimate of drug-likeness (QED) is 0.886. The summed E-state index contributed by atoms with van der Waals surface area (Å²) in [6.45, 7) is 3.24. The Bertz CT molecular complexity index is 749. The topological polar surface area (TPSA) is 57.3 Å². The van der Waals surface area contributed by atoms with Gasteiger partial charge in [-0.25, -0.2) is 0 Å². The molecule has 1 aromatic heterocycles. The van der Waals surface area contributed by atoms with E-state index in [0.717, 1.165) is 44.5 Å². The number of carbonyl (C=O) groups is 1. The maximum Gasteiger partial charge on any atom is 0.239 e. The van der Waals surface area contributed by atoms with Gasteiger partial charge in [0.2, 0.25) is 5.91 Å². The smallest absolute Gasteiger partial charge is 0.239 e. The molecule has 1 aromatic carbocycles. The van der Waals surface area contributed by atoms with Crippen molar-refractivity contribution in [2.45, 2.75) is 37.9 Å². The van der Waals surface area contributed by atoms with Crippen LogP contribution in [0.5, 0.6) is 0 Å². The van der Waals surface area contributed by atoms with E-state index in [-0.39, 0.29) is 18.0 Å². The second-order valence-electron chi connectivity index (χ2n) is 7.20. The molecule has 4 rings (SSSR count). The Morgan fingerprint density at radius 3 is 3.08 bits per heavy atom. The summed E-state index contributed by atoms with van der Waals surface area (Å²) in [5.41, 5.74) is 3.81. The van der Waals surface area contributed by atoms with Gasteiger partial charge in [0.15, 0.2) is 0 Å². The highest BCUT2D eigenvalue weighted by Crippen LogP contribution is 2.29.